The lowest BCUT2D eigenvalue weighted by molar-refractivity contribution is -0.119. The summed E-state index contributed by atoms with van der Waals surface area (Å²) in [5.74, 6) is 0.406. The van der Waals surface area contributed by atoms with E-state index in [1.807, 2.05) is 29.6 Å². The number of fused-ring (bicyclic) bond motifs is 1. The molecule has 1 atom stereocenters. The Morgan fingerprint density at radius 1 is 1.31 bits per heavy atom. The van der Waals surface area contributed by atoms with E-state index in [4.69, 9.17) is 4.74 Å². The SMILES string of the molecule is COc1cccc2sc(NC(=O)C3CCCN3C(=O)c3cccs3)nc12. The van der Waals surface area contributed by atoms with Crippen molar-refractivity contribution in [2.45, 2.75) is 18.9 Å². The molecule has 1 saturated heterocycles. The Labute approximate surface area is 158 Å². The summed E-state index contributed by atoms with van der Waals surface area (Å²) in [4.78, 5) is 32.2. The van der Waals surface area contributed by atoms with Crippen LogP contribution in [0.2, 0.25) is 0 Å². The van der Waals surface area contributed by atoms with Gasteiger partial charge in [-0.2, -0.15) is 0 Å². The molecule has 0 spiro atoms. The summed E-state index contributed by atoms with van der Waals surface area (Å²) in [6.07, 6.45) is 1.49. The van der Waals surface area contributed by atoms with Crippen LogP contribution in [-0.4, -0.2) is 41.4 Å². The van der Waals surface area contributed by atoms with Crippen LogP contribution in [-0.2, 0) is 4.79 Å². The van der Waals surface area contributed by atoms with Crippen molar-refractivity contribution in [1.29, 1.82) is 0 Å². The number of ether oxygens (including phenoxy) is 1. The number of rotatable bonds is 4. The van der Waals surface area contributed by atoms with Gasteiger partial charge in [0.05, 0.1) is 16.7 Å². The highest BCUT2D eigenvalue weighted by molar-refractivity contribution is 7.22. The summed E-state index contributed by atoms with van der Waals surface area (Å²) < 4.78 is 6.26. The van der Waals surface area contributed by atoms with Gasteiger partial charge in [0.25, 0.3) is 5.91 Å². The van der Waals surface area contributed by atoms with Crippen LogP contribution >= 0.6 is 22.7 Å². The van der Waals surface area contributed by atoms with Crippen molar-refractivity contribution in [3.05, 3.63) is 40.6 Å². The number of nitrogens with one attached hydrogen (secondary N) is 1. The van der Waals surface area contributed by atoms with Gasteiger partial charge in [-0.3, -0.25) is 9.59 Å². The molecule has 3 heterocycles. The number of nitrogens with zero attached hydrogens (tertiary/aromatic N) is 2. The van der Waals surface area contributed by atoms with E-state index in [9.17, 15) is 9.59 Å². The number of carbonyl (C=O) groups is 2. The molecule has 0 radical (unpaired) electrons. The predicted octanol–water partition coefficient (Wildman–Crippen LogP) is 3.61. The summed E-state index contributed by atoms with van der Waals surface area (Å²) >= 11 is 2.79. The molecule has 1 aliphatic rings. The Balaban J connectivity index is 1.53. The molecular formula is C18H17N3O3S2. The number of thiophene rings is 1. The molecule has 26 heavy (non-hydrogen) atoms. The largest absolute Gasteiger partial charge is 0.494 e. The van der Waals surface area contributed by atoms with E-state index in [2.05, 4.69) is 10.3 Å². The molecule has 1 aliphatic heterocycles. The number of hydrogen-bond donors (Lipinski definition) is 1. The number of methoxy groups -OCH3 is 1. The Morgan fingerprint density at radius 2 is 2.19 bits per heavy atom. The number of carbonyl (C=O) groups excluding carboxylic acids is 2. The Hall–Kier alpha value is -2.45. The fraction of sp³-hybridized carbons (Fsp3) is 0.278. The Bertz CT molecular complexity index is 952. The summed E-state index contributed by atoms with van der Waals surface area (Å²) in [6, 6.07) is 8.85. The van der Waals surface area contributed by atoms with Gasteiger partial charge in [0.15, 0.2) is 5.13 Å². The maximum atomic E-state index is 12.8. The van der Waals surface area contributed by atoms with Crippen LogP contribution in [0.4, 0.5) is 5.13 Å². The van der Waals surface area contributed by atoms with Gasteiger partial charge in [0.2, 0.25) is 5.91 Å². The third-order valence-electron chi connectivity index (χ3n) is 4.38. The van der Waals surface area contributed by atoms with E-state index < -0.39 is 6.04 Å². The fourth-order valence-corrected chi connectivity index (χ4v) is 4.72. The molecule has 3 aromatic rings. The van der Waals surface area contributed by atoms with Crippen molar-refractivity contribution < 1.29 is 14.3 Å². The lowest BCUT2D eigenvalue weighted by atomic mass is 10.2. The summed E-state index contributed by atoms with van der Waals surface area (Å²) in [6.45, 7) is 0.600. The minimum atomic E-state index is -0.460. The zero-order valence-electron chi connectivity index (χ0n) is 14.1. The molecule has 4 rings (SSSR count). The van der Waals surface area contributed by atoms with Crippen molar-refractivity contribution in [2.75, 3.05) is 19.0 Å². The van der Waals surface area contributed by atoms with Crippen molar-refractivity contribution in [1.82, 2.24) is 9.88 Å². The molecule has 8 heteroatoms. The van der Waals surface area contributed by atoms with Crippen molar-refractivity contribution in [3.8, 4) is 5.75 Å². The van der Waals surface area contributed by atoms with Crippen molar-refractivity contribution >= 4 is 49.8 Å². The zero-order chi connectivity index (χ0) is 18.1. The summed E-state index contributed by atoms with van der Waals surface area (Å²) in [7, 11) is 1.60. The number of anilines is 1. The lowest BCUT2D eigenvalue weighted by Gasteiger charge is -2.22. The number of likely N-dealkylation sites (tertiary alicyclic amines) is 1. The monoisotopic (exact) mass is 387 g/mol. The molecule has 1 unspecified atom stereocenters. The van der Waals surface area contributed by atoms with Crippen molar-refractivity contribution in [2.24, 2.45) is 0 Å². The van der Waals surface area contributed by atoms with Gasteiger partial charge < -0.3 is 15.0 Å². The van der Waals surface area contributed by atoms with Crippen LogP contribution in [0.15, 0.2) is 35.7 Å². The van der Waals surface area contributed by atoms with Gasteiger partial charge in [0.1, 0.15) is 17.3 Å². The second-order valence-electron chi connectivity index (χ2n) is 5.95. The molecule has 1 N–H and O–H groups in total. The average molecular weight is 387 g/mol. The minimum absolute atomic E-state index is 0.0800. The van der Waals surface area contributed by atoms with Crippen LogP contribution in [0.5, 0.6) is 5.75 Å². The van der Waals surface area contributed by atoms with Crippen molar-refractivity contribution in [3.63, 3.8) is 0 Å². The number of benzene rings is 1. The molecule has 6 nitrogen and oxygen atoms in total. The predicted molar refractivity (Wildman–Crippen MR) is 103 cm³/mol. The first kappa shape index (κ1) is 17.0. The van der Waals surface area contributed by atoms with Gasteiger partial charge in [0, 0.05) is 6.54 Å². The van der Waals surface area contributed by atoms with Crippen LogP contribution in [0.25, 0.3) is 10.2 Å². The standard InChI is InChI=1S/C18H17N3O3S2/c1-24-12-6-2-7-13-15(12)19-18(26-13)20-16(22)11-5-3-9-21(11)17(23)14-8-4-10-25-14/h2,4,6-8,10-11H,3,5,9H2,1H3,(H,19,20,22). The van der Waals surface area contributed by atoms with E-state index in [1.54, 1.807) is 18.1 Å². The second kappa shape index (κ2) is 7.05. The van der Waals surface area contributed by atoms with Crippen LogP contribution < -0.4 is 10.1 Å². The number of aromatic nitrogens is 1. The van der Waals surface area contributed by atoms with Gasteiger partial charge in [-0.05, 0) is 36.4 Å². The highest BCUT2D eigenvalue weighted by Gasteiger charge is 2.35. The summed E-state index contributed by atoms with van der Waals surface area (Å²) in [5.41, 5.74) is 0.730. The van der Waals surface area contributed by atoms with Gasteiger partial charge in [-0.25, -0.2) is 4.98 Å². The number of hydrogen-bond acceptors (Lipinski definition) is 6. The number of amides is 2. The highest BCUT2D eigenvalue weighted by Crippen LogP contribution is 2.32. The molecular weight excluding hydrogens is 370 g/mol. The molecule has 0 aliphatic carbocycles. The van der Waals surface area contributed by atoms with E-state index in [0.717, 1.165) is 16.6 Å². The van der Waals surface area contributed by atoms with E-state index >= 15 is 0 Å². The molecule has 1 fully saturated rings. The van der Waals surface area contributed by atoms with E-state index in [-0.39, 0.29) is 11.8 Å². The van der Waals surface area contributed by atoms with Crippen LogP contribution in [0.1, 0.15) is 22.5 Å². The normalized spacial score (nSPS) is 16.8. The highest BCUT2D eigenvalue weighted by atomic mass is 32.1. The first-order chi connectivity index (χ1) is 12.7. The third kappa shape index (κ3) is 3.06. The van der Waals surface area contributed by atoms with E-state index in [0.29, 0.717) is 28.7 Å². The smallest absolute Gasteiger partial charge is 0.264 e. The summed E-state index contributed by atoms with van der Waals surface area (Å²) in [5, 5.41) is 5.26. The van der Waals surface area contributed by atoms with Crippen LogP contribution in [0.3, 0.4) is 0 Å². The first-order valence-corrected chi connectivity index (χ1v) is 9.96. The van der Waals surface area contributed by atoms with Crippen LogP contribution in [0, 0.1) is 0 Å². The maximum Gasteiger partial charge on any atom is 0.264 e. The quantitative estimate of drug-likeness (QED) is 0.742. The molecule has 2 aromatic heterocycles. The van der Waals surface area contributed by atoms with E-state index in [1.165, 1.54) is 22.7 Å². The molecule has 1 aromatic carbocycles. The average Bonchev–Trinajstić information content (AvgIpc) is 3.39. The maximum absolute atomic E-state index is 12.8. The lowest BCUT2D eigenvalue weighted by Crippen LogP contribution is -2.42. The Morgan fingerprint density at radius 3 is 2.96 bits per heavy atom. The fourth-order valence-electron chi connectivity index (χ4n) is 3.15. The van der Waals surface area contributed by atoms with Gasteiger partial charge in [-0.15, -0.1) is 11.3 Å². The number of para-hydroxylation sites is 1. The Kier molecular flexibility index (Phi) is 4.60. The molecule has 134 valence electrons. The third-order valence-corrected chi connectivity index (χ3v) is 6.17. The molecule has 0 bridgehead atoms. The van der Waals surface area contributed by atoms with Gasteiger partial charge in [-0.1, -0.05) is 23.5 Å². The molecule has 0 saturated carbocycles. The zero-order valence-corrected chi connectivity index (χ0v) is 15.7. The first-order valence-electron chi connectivity index (χ1n) is 8.26. The molecule has 2 amide bonds. The second-order valence-corrected chi connectivity index (χ2v) is 7.93. The minimum Gasteiger partial charge on any atom is -0.494 e. The van der Waals surface area contributed by atoms with Gasteiger partial charge >= 0.3 is 0 Å². The number of thiazole rings is 1. The topological polar surface area (TPSA) is 71.5 Å².